The minimum Gasteiger partial charge on any atom is -0.390 e. The molecule has 0 unspecified atom stereocenters. The molecule has 6 heteroatoms. The second kappa shape index (κ2) is 4.39. The second-order valence-corrected chi connectivity index (χ2v) is 2.62. The van der Waals surface area contributed by atoms with Gasteiger partial charge in [-0.1, -0.05) is 0 Å². The van der Waals surface area contributed by atoms with Crippen LogP contribution in [0.5, 0.6) is 0 Å². The smallest absolute Gasteiger partial charge is 0.265 e. The van der Waals surface area contributed by atoms with E-state index in [0.717, 1.165) is 0 Å². The number of nitrogens with two attached hydrogens (primary N) is 1. The van der Waals surface area contributed by atoms with Gasteiger partial charge in [-0.2, -0.15) is 0 Å². The molecule has 0 aliphatic carbocycles. The maximum absolute atomic E-state index is 12.9. The monoisotopic (exact) mass is 206 g/mol. The lowest BCUT2D eigenvalue weighted by molar-refractivity contribution is 0.148. The van der Waals surface area contributed by atoms with Gasteiger partial charge < -0.3 is 10.8 Å². The lowest BCUT2D eigenvalue weighted by Crippen LogP contribution is -2.09. The van der Waals surface area contributed by atoms with Crippen LogP contribution < -0.4 is 5.73 Å². The van der Waals surface area contributed by atoms with Crippen molar-refractivity contribution in [2.75, 3.05) is 0 Å². The van der Waals surface area contributed by atoms with Crippen LogP contribution in [-0.4, -0.2) is 10.1 Å². The van der Waals surface area contributed by atoms with Crippen molar-refractivity contribution < 1.29 is 18.3 Å². The second-order valence-electron chi connectivity index (χ2n) is 2.62. The van der Waals surface area contributed by atoms with Gasteiger partial charge in [-0.3, -0.25) is 4.98 Å². The lowest BCUT2D eigenvalue weighted by Gasteiger charge is -2.08. The highest BCUT2D eigenvalue weighted by molar-refractivity contribution is 5.25. The third kappa shape index (κ3) is 2.02. The highest BCUT2D eigenvalue weighted by atomic mass is 19.3. The molecule has 0 aromatic carbocycles. The number of aromatic nitrogens is 1. The van der Waals surface area contributed by atoms with Crippen LogP contribution in [0.25, 0.3) is 0 Å². The van der Waals surface area contributed by atoms with Gasteiger partial charge in [-0.15, -0.1) is 0 Å². The molecular formula is C8H9F3N2O. The molecule has 0 atom stereocenters. The van der Waals surface area contributed by atoms with E-state index in [4.69, 9.17) is 10.8 Å². The zero-order valence-electron chi connectivity index (χ0n) is 7.17. The van der Waals surface area contributed by atoms with Crippen LogP contribution in [0.4, 0.5) is 13.2 Å². The molecule has 0 fully saturated rings. The van der Waals surface area contributed by atoms with Gasteiger partial charge in [0.15, 0.2) is 0 Å². The molecular weight excluding hydrogens is 197 g/mol. The first-order valence-electron chi connectivity index (χ1n) is 3.87. The molecule has 0 saturated carbocycles. The predicted molar refractivity (Wildman–Crippen MR) is 43.0 cm³/mol. The van der Waals surface area contributed by atoms with Crippen LogP contribution in [0.1, 0.15) is 23.4 Å². The molecule has 0 aliphatic heterocycles. The van der Waals surface area contributed by atoms with E-state index in [0.29, 0.717) is 6.07 Å². The van der Waals surface area contributed by atoms with E-state index in [1.54, 1.807) is 0 Å². The van der Waals surface area contributed by atoms with Crippen molar-refractivity contribution in [3.8, 4) is 0 Å². The highest BCUT2D eigenvalue weighted by Crippen LogP contribution is 2.23. The quantitative estimate of drug-likeness (QED) is 0.778. The van der Waals surface area contributed by atoms with Gasteiger partial charge in [0.1, 0.15) is 11.5 Å². The standard InChI is InChI=1S/C8H9F3N2O/c9-5-1-4(8(10)11)6(2-12)13-7(5)3-14/h1,8,14H,2-3,12H2. The summed E-state index contributed by atoms with van der Waals surface area (Å²) in [4.78, 5) is 3.50. The van der Waals surface area contributed by atoms with Crippen molar-refractivity contribution in [2.24, 2.45) is 5.73 Å². The van der Waals surface area contributed by atoms with Gasteiger partial charge in [-0.25, -0.2) is 13.2 Å². The zero-order chi connectivity index (χ0) is 10.7. The summed E-state index contributed by atoms with van der Waals surface area (Å²) in [5, 5.41) is 8.64. The number of alkyl halides is 2. The highest BCUT2D eigenvalue weighted by Gasteiger charge is 2.17. The van der Waals surface area contributed by atoms with Crippen LogP contribution in [0.2, 0.25) is 0 Å². The van der Waals surface area contributed by atoms with Crippen molar-refractivity contribution in [2.45, 2.75) is 19.6 Å². The van der Waals surface area contributed by atoms with Crippen LogP contribution in [0.3, 0.4) is 0 Å². The Morgan fingerprint density at radius 1 is 1.43 bits per heavy atom. The number of pyridine rings is 1. The van der Waals surface area contributed by atoms with E-state index >= 15 is 0 Å². The van der Waals surface area contributed by atoms with Crippen LogP contribution >= 0.6 is 0 Å². The van der Waals surface area contributed by atoms with Gasteiger partial charge in [0, 0.05) is 12.1 Å². The maximum atomic E-state index is 12.9. The lowest BCUT2D eigenvalue weighted by atomic mass is 10.1. The van der Waals surface area contributed by atoms with Gasteiger partial charge in [-0.05, 0) is 6.07 Å². The average molecular weight is 206 g/mol. The summed E-state index contributed by atoms with van der Waals surface area (Å²) in [5.41, 5.74) is 4.28. The van der Waals surface area contributed by atoms with E-state index in [9.17, 15) is 13.2 Å². The number of aliphatic hydroxyl groups excluding tert-OH is 1. The van der Waals surface area contributed by atoms with Crippen molar-refractivity contribution in [1.29, 1.82) is 0 Å². The zero-order valence-corrected chi connectivity index (χ0v) is 7.17. The molecule has 0 bridgehead atoms. The molecule has 1 rings (SSSR count). The Morgan fingerprint density at radius 3 is 2.50 bits per heavy atom. The normalized spacial score (nSPS) is 11.0. The molecule has 0 saturated heterocycles. The van der Waals surface area contributed by atoms with E-state index < -0.39 is 24.4 Å². The third-order valence-electron chi connectivity index (χ3n) is 1.74. The van der Waals surface area contributed by atoms with Gasteiger partial charge in [0.2, 0.25) is 0 Å². The first-order chi connectivity index (χ1) is 6.60. The molecule has 3 nitrogen and oxygen atoms in total. The molecule has 78 valence electrons. The van der Waals surface area contributed by atoms with Crippen molar-refractivity contribution in [3.63, 3.8) is 0 Å². The van der Waals surface area contributed by atoms with Crippen LogP contribution in [0.15, 0.2) is 6.07 Å². The Balaban J connectivity index is 3.24. The Kier molecular flexibility index (Phi) is 3.43. The maximum Gasteiger partial charge on any atom is 0.265 e. The van der Waals surface area contributed by atoms with Crippen LogP contribution in [0, 0.1) is 5.82 Å². The van der Waals surface area contributed by atoms with Crippen molar-refractivity contribution in [1.82, 2.24) is 4.98 Å². The Morgan fingerprint density at radius 2 is 2.07 bits per heavy atom. The average Bonchev–Trinajstić information content (AvgIpc) is 2.17. The summed E-state index contributed by atoms with van der Waals surface area (Å²) in [6, 6.07) is 0.658. The SMILES string of the molecule is NCc1nc(CO)c(F)cc1C(F)F. The van der Waals surface area contributed by atoms with E-state index in [-0.39, 0.29) is 17.9 Å². The fourth-order valence-corrected chi connectivity index (χ4v) is 1.05. The van der Waals surface area contributed by atoms with Gasteiger partial charge in [0.25, 0.3) is 6.43 Å². The molecule has 0 aliphatic rings. The Bertz CT molecular complexity index is 331. The summed E-state index contributed by atoms with van der Waals surface area (Å²) in [7, 11) is 0. The third-order valence-corrected chi connectivity index (χ3v) is 1.74. The summed E-state index contributed by atoms with van der Waals surface area (Å²) >= 11 is 0. The first kappa shape index (κ1) is 10.9. The molecule has 14 heavy (non-hydrogen) atoms. The van der Waals surface area contributed by atoms with E-state index in [1.807, 2.05) is 0 Å². The van der Waals surface area contributed by atoms with Crippen LogP contribution in [-0.2, 0) is 13.2 Å². The molecule has 0 radical (unpaired) electrons. The van der Waals surface area contributed by atoms with E-state index in [2.05, 4.69) is 4.98 Å². The number of nitrogens with zero attached hydrogens (tertiary/aromatic N) is 1. The topological polar surface area (TPSA) is 59.1 Å². The summed E-state index contributed by atoms with van der Waals surface area (Å²) in [6.45, 7) is -0.852. The summed E-state index contributed by atoms with van der Waals surface area (Å²) in [5.74, 6) is -0.944. The minimum atomic E-state index is -2.82. The fourth-order valence-electron chi connectivity index (χ4n) is 1.05. The fraction of sp³-hybridized carbons (Fsp3) is 0.375. The first-order valence-corrected chi connectivity index (χ1v) is 3.87. The molecule has 1 heterocycles. The van der Waals surface area contributed by atoms with Crippen molar-refractivity contribution >= 4 is 0 Å². The molecule has 3 N–H and O–H groups in total. The number of hydrogen-bond acceptors (Lipinski definition) is 3. The number of rotatable bonds is 3. The predicted octanol–water partition coefficient (Wildman–Crippen LogP) is 1.11. The largest absolute Gasteiger partial charge is 0.390 e. The number of aliphatic hydroxyl groups is 1. The van der Waals surface area contributed by atoms with Gasteiger partial charge in [0.05, 0.1) is 12.3 Å². The summed E-state index contributed by atoms with van der Waals surface area (Å²) in [6.07, 6.45) is -2.82. The Labute approximate surface area is 78.4 Å². The Hall–Kier alpha value is -1.14. The minimum absolute atomic E-state index is 0.0922. The van der Waals surface area contributed by atoms with Crippen molar-refractivity contribution in [3.05, 3.63) is 28.8 Å². The number of hydrogen-bond donors (Lipinski definition) is 2. The molecule has 0 spiro atoms. The molecule has 1 aromatic rings. The molecule has 1 aromatic heterocycles. The van der Waals surface area contributed by atoms with Gasteiger partial charge >= 0.3 is 0 Å². The number of halogens is 3. The van der Waals surface area contributed by atoms with E-state index in [1.165, 1.54) is 0 Å². The summed E-state index contributed by atoms with van der Waals surface area (Å²) < 4.78 is 37.5. The molecule has 0 amide bonds.